The van der Waals surface area contributed by atoms with Gasteiger partial charge in [-0.1, -0.05) is 30.3 Å². The van der Waals surface area contributed by atoms with E-state index in [1.807, 2.05) is 0 Å². The average molecular weight is 400 g/mol. The zero-order valence-corrected chi connectivity index (χ0v) is 15.0. The molecule has 2 aliphatic rings. The van der Waals surface area contributed by atoms with Gasteiger partial charge in [0.2, 0.25) is 5.95 Å². The standard InChI is InChI=1S/C20H15F3N4O2/c21-20(22,23)18-25-19-24-13-9-12(15-7-4-8-29-15)10-14(28)16(13)17(27(19)26-18)11-5-2-1-3-6-11/h1-8,12,17H,9-10H2,(H,24,25,26)/t12-,17+/m1/s1. The van der Waals surface area contributed by atoms with Crippen LogP contribution in [0.4, 0.5) is 19.1 Å². The van der Waals surface area contributed by atoms with E-state index in [0.29, 0.717) is 29.0 Å². The van der Waals surface area contributed by atoms with E-state index in [1.54, 1.807) is 42.5 Å². The number of alkyl halides is 3. The van der Waals surface area contributed by atoms with Crippen molar-refractivity contribution in [3.05, 3.63) is 77.1 Å². The Kier molecular flexibility index (Phi) is 3.87. The molecule has 0 spiro atoms. The molecule has 1 N–H and O–H groups in total. The minimum atomic E-state index is -4.69. The van der Waals surface area contributed by atoms with Crippen LogP contribution in [0.3, 0.4) is 0 Å². The number of rotatable bonds is 2. The Balaban J connectivity index is 1.64. The normalized spacial score (nSPS) is 21.6. The van der Waals surface area contributed by atoms with Gasteiger partial charge in [-0.05, 0) is 24.1 Å². The van der Waals surface area contributed by atoms with Gasteiger partial charge in [0.1, 0.15) is 11.8 Å². The molecule has 1 aromatic carbocycles. The predicted octanol–water partition coefficient (Wildman–Crippen LogP) is 4.31. The van der Waals surface area contributed by atoms with E-state index < -0.39 is 18.0 Å². The molecule has 29 heavy (non-hydrogen) atoms. The zero-order chi connectivity index (χ0) is 20.2. The van der Waals surface area contributed by atoms with Gasteiger partial charge in [-0.25, -0.2) is 4.68 Å². The number of carbonyl (C=O) groups is 1. The van der Waals surface area contributed by atoms with Gasteiger partial charge >= 0.3 is 6.18 Å². The number of carbonyl (C=O) groups excluding carboxylic acids is 1. The topological polar surface area (TPSA) is 73.0 Å². The molecule has 9 heteroatoms. The minimum absolute atomic E-state index is 0.0298. The van der Waals surface area contributed by atoms with Crippen LogP contribution in [0.1, 0.15) is 41.9 Å². The molecule has 0 radical (unpaired) electrons. The second-order valence-electron chi connectivity index (χ2n) is 7.08. The number of allylic oxidation sites excluding steroid dienone is 2. The smallest absolute Gasteiger partial charge is 0.453 e. The van der Waals surface area contributed by atoms with Crippen LogP contribution in [0, 0.1) is 0 Å². The summed E-state index contributed by atoms with van der Waals surface area (Å²) in [6, 6.07) is 11.7. The Labute approximate surface area is 163 Å². The monoisotopic (exact) mass is 400 g/mol. The van der Waals surface area contributed by atoms with Crippen LogP contribution in [0.5, 0.6) is 0 Å². The lowest BCUT2D eigenvalue weighted by molar-refractivity contribution is -0.145. The van der Waals surface area contributed by atoms with Crippen LogP contribution in [-0.4, -0.2) is 20.5 Å². The van der Waals surface area contributed by atoms with Crippen molar-refractivity contribution in [2.24, 2.45) is 0 Å². The molecule has 6 nitrogen and oxygen atoms in total. The summed E-state index contributed by atoms with van der Waals surface area (Å²) in [7, 11) is 0. The van der Waals surface area contributed by atoms with Gasteiger partial charge in [-0.3, -0.25) is 4.79 Å². The van der Waals surface area contributed by atoms with Crippen LogP contribution < -0.4 is 5.32 Å². The Morgan fingerprint density at radius 1 is 1.10 bits per heavy atom. The number of furan rings is 1. The van der Waals surface area contributed by atoms with Crippen molar-refractivity contribution in [2.45, 2.75) is 31.0 Å². The summed E-state index contributed by atoms with van der Waals surface area (Å²) in [4.78, 5) is 16.8. The van der Waals surface area contributed by atoms with E-state index in [9.17, 15) is 18.0 Å². The lowest BCUT2D eigenvalue weighted by Crippen LogP contribution is -2.33. The van der Waals surface area contributed by atoms with Crippen LogP contribution in [0.25, 0.3) is 0 Å². The summed E-state index contributed by atoms with van der Waals surface area (Å²) in [6.07, 6.45) is -2.49. The van der Waals surface area contributed by atoms with Crippen molar-refractivity contribution < 1.29 is 22.4 Å². The highest BCUT2D eigenvalue weighted by Gasteiger charge is 2.43. The van der Waals surface area contributed by atoms with Crippen LogP contribution in [0.15, 0.2) is 64.4 Å². The third-order valence-electron chi connectivity index (χ3n) is 5.23. The minimum Gasteiger partial charge on any atom is -0.469 e. The van der Waals surface area contributed by atoms with E-state index in [1.165, 1.54) is 6.26 Å². The van der Waals surface area contributed by atoms with Crippen LogP contribution >= 0.6 is 0 Å². The molecule has 1 aliphatic carbocycles. The number of halogens is 3. The molecule has 2 atom stereocenters. The first kappa shape index (κ1) is 17.7. The fourth-order valence-electron chi connectivity index (χ4n) is 4.00. The van der Waals surface area contributed by atoms with E-state index in [4.69, 9.17) is 4.42 Å². The molecule has 0 fully saturated rings. The van der Waals surface area contributed by atoms with Crippen LogP contribution in [-0.2, 0) is 11.0 Å². The quantitative estimate of drug-likeness (QED) is 0.694. The number of nitrogens with zero attached hydrogens (tertiary/aromatic N) is 3. The summed E-state index contributed by atoms with van der Waals surface area (Å²) in [5.41, 5.74) is 1.65. The number of Topliss-reactive ketones (excluding diaryl/α,β-unsaturated/α-hetero) is 1. The number of fused-ring (bicyclic) bond motifs is 1. The third kappa shape index (κ3) is 2.93. The molecule has 5 rings (SSSR count). The van der Waals surface area contributed by atoms with Gasteiger partial charge in [0.15, 0.2) is 5.78 Å². The molecule has 0 saturated heterocycles. The Bertz CT molecular complexity index is 1100. The Morgan fingerprint density at radius 3 is 2.59 bits per heavy atom. The molecule has 0 amide bonds. The van der Waals surface area contributed by atoms with E-state index in [0.717, 1.165) is 4.68 Å². The number of ketones is 1. The predicted molar refractivity (Wildman–Crippen MR) is 95.9 cm³/mol. The van der Waals surface area contributed by atoms with E-state index in [2.05, 4.69) is 15.4 Å². The Morgan fingerprint density at radius 2 is 1.90 bits per heavy atom. The molecule has 1 aliphatic heterocycles. The lowest BCUT2D eigenvalue weighted by atomic mass is 9.79. The number of benzene rings is 1. The fraction of sp³-hybridized carbons (Fsp3) is 0.250. The first-order chi connectivity index (χ1) is 13.9. The second-order valence-corrected chi connectivity index (χ2v) is 7.08. The van der Waals surface area contributed by atoms with Crippen molar-refractivity contribution >= 4 is 11.7 Å². The largest absolute Gasteiger partial charge is 0.469 e. The van der Waals surface area contributed by atoms with E-state index >= 15 is 0 Å². The second kappa shape index (κ2) is 6.33. The van der Waals surface area contributed by atoms with Gasteiger partial charge in [-0.15, -0.1) is 5.10 Å². The third-order valence-corrected chi connectivity index (χ3v) is 5.23. The highest BCUT2D eigenvalue weighted by Crippen LogP contribution is 2.44. The number of aromatic nitrogens is 3. The molecular formula is C20H15F3N4O2. The maximum Gasteiger partial charge on any atom is 0.453 e. The lowest BCUT2D eigenvalue weighted by Gasteiger charge is -2.34. The summed E-state index contributed by atoms with van der Waals surface area (Å²) < 4.78 is 46.3. The molecular weight excluding hydrogens is 385 g/mol. The number of nitrogens with one attached hydrogen (secondary N) is 1. The molecule has 3 heterocycles. The average Bonchev–Trinajstić information content (AvgIpc) is 3.36. The SMILES string of the molecule is O=C1C[C@H](c2ccco2)CC2=C1[C@H](c1ccccc1)n1nc(C(F)(F)F)nc1N2. The molecule has 148 valence electrons. The molecule has 0 unspecified atom stereocenters. The van der Waals surface area contributed by atoms with Crippen molar-refractivity contribution in [1.29, 1.82) is 0 Å². The van der Waals surface area contributed by atoms with Gasteiger partial charge in [0.25, 0.3) is 5.82 Å². The maximum absolute atomic E-state index is 13.2. The summed E-state index contributed by atoms with van der Waals surface area (Å²) in [5, 5.41) is 6.61. The first-order valence-corrected chi connectivity index (χ1v) is 9.07. The van der Waals surface area contributed by atoms with Crippen LogP contribution in [0.2, 0.25) is 0 Å². The number of hydrogen-bond donors (Lipinski definition) is 1. The first-order valence-electron chi connectivity index (χ1n) is 9.07. The molecule has 0 bridgehead atoms. The van der Waals surface area contributed by atoms with Crippen molar-refractivity contribution in [2.75, 3.05) is 5.32 Å². The Hall–Kier alpha value is -3.36. The van der Waals surface area contributed by atoms with Gasteiger partial charge in [-0.2, -0.15) is 18.2 Å². The molecule has 0 saturated carbocycles. The van der Waals surface area contributed by atoms with Crippen molar-refractivity contribution in [1.82, 2.24) is 14.8 Å². The number of hydrogen-bond acceptors (Lipinski definition) is 5. The fourth-order valence-corrected chi connectivity index (χ4v) is 4.00. The van der Waals surface area contributed by atoms with Crippen molar-refractivity contribution in [3.8, 4) is 0 Å². The summed E-state index contributed by atoms with van der Waals surface area (Å²) >= 11 is 0. The van der Waals surface area contributed by atoms with Gasteiger partial charge in [0.05, 0.1) is 6.26 Å². The summed E-state index contributed by atoms with van der Waals surface area (Å²) in [5.74, 6) is -0.931. The van der Waals surface area contributed by atoms with Gasteiger partial charge < -0.3 is 9.73 Å². The van der Waals surface area contributed by atoms with E-state index in [-0.39, 0.29) is 24.1 Å². The molecule has 3 aromatic rings. The highest BCUT2D eigenvalue weighted by molar-refractivity contribution is 6.00. The summed E-state index contributed by atoms with van der Waals surface area (Å²) in [6.45, 7) is 0. The van der Waals surface area contributed by atoms with Gasteiger partial charge in [0, 0.05) is 23.6 Å². The molecule has 2 aromatic heterocycles. The maximum atomic E-state index is 13.2. The number of anilines is 1. The highest BCUT2D eigenvalue weighted by atomic mass is 19.4. The van der Waals surface area contributed by atoms with Crippen molar-refractivity contribution in [3.63, 3.8) is 0 Å². The zero-order valence-electron chi connectivity index (χ0n) is 15.0.